The van der Waals surface area contributed by atoms with Crippen molar-refractivity contribution in [3.05, 3.63) is 28.1 Å². The fourth-order valence-corrected chi connectivity index (χ4v) is 2.53. The molecule has 0 spiro atoms. The van der Waals surface area contributed by atoms with Crippen LogP contribution in [0.2, 0.25) is 0 Å². The van der Waals surface area contributed by atoms with Gasteiger partial charge in [-0.1, -0.05) is 0 Å². The van der Waals surface area contributed by atoms with Crippen molar-refractivity contribution >= 4 is 28.6 Å². The van der Waals surface area contributed by atoms with Gasteiger partial charge in [-0.2, -0.15) is 4.98 Å². The van der Waals surface area contributed by atoms with Crippen molar-refractivity contribution in [2.24, 2.45) is 0 Å². The number of amides is 2. The number of fused-ring (bicyclic) bond motifs is 1. The highest BCUT2D eigenvalue weighted by molar-refractivity contribution is 5.95. The third-order valence-electron chi connectivity index (χ3n) is 3.96. The highest BCUT2D eigenvalue weighted by Crippen LogP contribution is 2.23. The van der Waals surface area contributed by atoms with Gasteiger partial charge in [-0.05, 0) is 52.3 Å². The maximum absolute atomic E-state index is 12.3. The number of anilines is 1. The predicted octanol–water partition coefficient (Wildman–Crippen LogP) is 3.09. The average molecular weight is 405 g/mol. The average Bonchev–Trinajstić information content (AvgIpc) is 2.60. The molecule has 158 valence electrons. The molecule has 0 radical (unpaired) electrons. The SMILES string of the molecule is CCOc1nc2ccc(NC(=O)CCN(C)C(=O)OC(C)(C)C)c(C)c2c(=O)o1. The first-order valence-electron chi connectivity index (χ1n) is 9.33. The Morgan fingerprint density at radius 1 is 1.28 bits per heavy atom. The molecular weight excluding hydrogens is 378 g/mol. The van der Waals surface area contributed by atoms with Gasteiger partial charge in [0, 0.05) is 25.7 Å². The molecule has 0 atom stereocenters. The molecule has 0 saturated carbocycles. The monoisotopic (exact) mass is 405 g/mol. The van der Waals surface area contributed by atoms with Crippen LogP contribution in [0.25, 0.3) is 10.9 Å². The van der Waals surface area contributed by atoms with Gasteiger partial charge in [-0.3, -0.25) is 4.79 Å². The largest absolute Gasteiger partial charge is 0.450 e. The molecule has 1 aromatic carbocycles. The lowest BCUT2D eigenvalue weighted by atomic mass is 10.1. The zero-order valence-electron chi connectivity index (χ0n) is 17.6. The third kappa shape index (κ3) is 5.94. The van der Waals surface area contributed by atoms with Gasteiger partial charge in [-0.25, -0.2) is 9.59 Å². The van der Waals surface area contributed by atoms with Crippen molar-refractivity contribution in [1.82, 2.24) is 9.88 Å². The summed E-state index contributed by atoms with van der Waals surface area (Å²) in [6.45, 7) is 9.30. The molecular formula is C20H27N3O6. The number of hydrogen-bond acceptors (Lipinski definition) is 7. The van der Waals surface area contributed by atoms with E-state index in [1.165, 1.54) is 4.90 Å². The second kappa shape index (κ2) is 8.93. The second-order valence-corrected chi connectivity index (χ2v) is 7.53. The van der Waals surface area contributed by atoms with Crippen LogP contribution in [-0.4, -0.2) is 47.7 Å². The molecule has 2 rings (SSSR count). The Bertz CT molecular complexity index is 961. The summed E-state index contributed by atoms with van der Waals surface area (Å²) in [6, 6.07) is 3.28. The van der Waals surface area contributed by atoms with E-state index in [4.69, 9.17) is 13.9 Å². The van der Waals surface area contributed by atoms with Gasteiger partial charge in [0.1, 0.15) is 5.60 Å². The van der Waals surface area contributed by atoms with E-state index in [2.05, 4.69) is 10.3 Å². The van der Waals surface area contributed by atoms with Crippen molar-refractivity contribution in [3.63, 3.8) is 0 Å². The fraction of sp³-hybridized carbons (Fsp3) is 0.500. The van der Waals surface area contributed by atoms with E-state index < -0.39 is 17.3 Å². The van der Waals surface area contributed by atoms with Gasteiger partial charge in [0.25, 0.3) is 0 Å². The Labute approximate surface area is 169 Å². The van der Waals surface area contributed by atoms with E-state index in [1.807, 2.05) is 0 Å². The first-order valence-corrected chi connectivity index (χ1v) is 9.33. The van der Waals surface area contributed by atoms with Crippen molar-refractivity contribution in [1.29, 1.82) is 0 Å². The van der Waals surface area contributed by atoms with Crippen LogP contribution in [0.3, 0.4) is 0 Å². The molecule has 2 aromatic rings. The summed E-state index contributed by atoms with van der Waals surface area (Å²) in [5, 5.41) is 3.03. The van der Waals surface area contributed by atoms with Crippen LogP contribution in [0.5, 0.6) is 6.08 Å². The number of hydrogen-bond donors (Lipinski definition) is 1. The van der Waals surface area contributed by atoms with E-state index in [0.717, 1.165) is 0 Å². The lowest BCUT2D eigenvalue weighted by Crippen LogP contribution is -2.35. The second-order valence-electron chi connectivity index (χ2n) is 7.53. The number of benzene rings is 1. The smallest absolute Gasteiger partial charge is 0.410 e. The third-order valence-corrected chi connectivity index (χ3v) is 3.96. The van der Waals surface area contributed by atoms with E-state index >= 15 is 0 Å². The molecule has 0 fully saturated rings. The number of aromatic nitrogens is 1. The van der Waals surface area contributed by atoms with E-state index in [1.54, 1.807) is 53.8 Å². The van der Waals surface area contributed by atoms with Crippen molar-refractivity contribution < 1.29 is 23.5 Å². The minimum atomic E-state index is -0.604. The normalized spacial score (nSPS) is 11.2. The molecule has 0 saturated heterocycles. The quantitative estimate of drug-likeness (QED) is 0.786. The van der Waals surface area contributed by atoms with Crippen molar-refractivity contribution in [2.45, 2.75) is 46.6 Å². The Morgan fingerprint density at radius 2 is 1.97 bits per heavy atom. The number of carbonyl (C=O) groups excluding carboxylic acids is 2. The standard InChI is InChI=1S/C20H27N3O6/c1-7-27-18-22-14-9-8-13(12(2)16(14)17(25)28-18)21-15(24)10-11-23(6)19(26)29-20(3,4)5/h8-9H,7,10-11H2,1-6H3,(H,21,24). The minimum Gasteiger partial charge on any atom is -0.450 e. The van der Waals surface area contributed by atoms with Crippen LogP contribution in [0, 0.1) is 6.92 Å². The number of aryl methyl sites for hydroxylation is 1. The summed E-state index contributed by atoms with van der Waals surface area (Å²) < 4.78 is 15.5. The molecule has 1 N–H and O–H groups in total. The first-order chi connectivity index (χ1) is 13.5. The molecule has 1 aromatic heterocycles. The summed E-state index contributed by atoms with van der Waals surface area (Å²) >= 11 is 0. The highest BCUT2D eigenvalue weighted by atomic mass is 16.6. The molecule has 2 amide bonds. The molecule has 0 unspecified atom stereocenters. The number of rotatable bonds is 6. The summed E-state index contributed by atoms with van der Waals surface area (Å²) in [5.74, 6) is -0.300. The number of ether oxygens (including phenoxy) is 2. The Kier molecular flexibility index (Phi) is 6.84. The molecule has 9 heteroatoms. The Morgan fingerprint density at radius 3 is 2.59 bits per heavy atom. The van der Waals surface area contributed by atoms with Gasteiger partial charge < -0.3 is 24.1 Å². The zero-order chi connectivity index (χ0) is 21.8. The zero-order valence-corrected chi connectivity index (χ0v) is 17.6. The van der Waals surface area contributed by atoms with Gasteiger partial charge >= 0.3 is 17.8 Å². The molecule has 1 heterocycles. The lowest BCUT2D eigenvalue weighted by Gasteiger charge is -2.24. The summed E-state index contributed by atoms with van der Waals surface area (Å²) in [6.07, 6.45) is -0.518. The van der Waals surface area contributed by atoms with Crippen molar-refractivity contribution in [3.8, 4) is 6.08 Å². The Balaban J connectivity index is 2.08. The van der Waals surface area contributed by atoms with Gasteiger partial charge in [0.05, 0.1) is 17.5 Å². The van der Waals surface area contributed by atoms with Gasteiger partial charge in [0.15, 0.2) is 0 Å². The number of nitrogens with one attached hydrogen (secondary N) is 1. The minimum absolute atomic E-state index is 0.0728. The van der Waals surface area contributed by atoms with E-state index in [0.29, 0.717) is 23.4 Å². The van der Waals surface area contributed by atoms with Crippen LogP contribution in [0.15, 0.2) is 21.3 Å². The molecule has 29 heavy (non-hydrogen) atoms. The molecule has 9 nitrogen and oxygen atoms in total. The summed E-state index contributed by atoms with van der Waals surface area (Å²) in [5.41, 5.74) is 0.246. The van der Waals surface area contributed by atoms with Gasteiger partial charge in [-0.15, -0.1) is 0 Å². The van der Waals surface area contributed by atoms with Crippen LogP contribution < -0.4 is 15.7 Å². The topological polar surface area (TPSA) is 111 Å². The van der Waals surface area contributed by atoms with Crippen LogP contribution in [-0.2, 0) is 9.53 Å². The summed E-state index contributed by atoms with van der Waals surface area (Å²) in [7, 11) is 1.56. The van der Waals surface area contributed by atoms with E-state index in [9.17, 15) is 14.4 Å². The number of carbonyl (C=O) groups is 2. The molecule has 0 aliphatic heterocycles. The van der Waals surface area contributed by atoms with Crippen LogP contribution >= 0.6 is 0 Å². The maximum atomic E-state index is 12.3. The fourth-order valence-electron chi connectivity index (χ4n) is 2.53. The molecule has 0 aliphatic carbocycles. The summed E-state index contributed by atoms with van der Waals surface area (Å²) in [4.78, 5) is 42.0. The lowest BCUT2D eigenvalue weighted by molar-refractivity contribution is -0.116. The van der Waals surface area contributed by atoms with Gasteiger partial charge in [0.2, 0.25) is 5.91 Å². The highest BCUT2D eigenvalue weighted by Gasteiger charge is 2.20. The van der Waals surface area contributed by atoms with Crippen LogP contribution in [0.1, 0.15) is 39.7 Å². The molecule has 0 aliphatic rings. The number of nitrogens with zero attached hydrogens (tertiary/aromatic N) is 2. The molecule has 0 bridgehead atoms. The van der Waals surface area contributed by atoms with E-state index in [-0.39, 0.29) is 30.3 Å². The predicted molar refractivity (Wildman–Crippen MR) is 108 cm³/mol. The Hall–Kier alpha value is -3.10. The van der Waals surface area contributed by atoms with Crippen LogP contribution in [0.4, 0.5) is 10.5 Å². The van der Waals surface area contributed by atoms with Crippen molar-refractivity contribution in [2.75, 3.05) is 25.5 Å². The first kappa shape index (κ1) is 22.2. The maximum Gasteiger partial charge on any atom is 0.410 e.